The zero-order valence-corrected chi connectivity index (χ0v) is 15.2. The molecule has 0 spiro atoms. The van der Waals surface area contributed by atoms with Crippen LogP contribution < -0.4 is 10.2 Å². The Morgan fingerprint density at radius 2 is 2.10 bits per heavy atom. The molecule has 0 radical (unpaired) electrons. The van der Waals surface area contributed by atoms with Gasteiger partial charge in [0, 0.05) is 29.3 Å². The second-order valence-electron chi connectivity index (χ2n) is 6.17. The minimum Gasteiger partial charge on any atom is -0.371 e. The van der Waals surface area contributed by atoms with Crippen molar-refractivity contribution in [3.63, 3.8) is 0 Å². The van der Waals surface area contributed by atoms with Crippen LogP contribution in [0.3, 0.4) is 0 Å². The Kier molecular flexibility index (Phi) is 6.56. The minimum atomic E-state index is 0.396. The summed E-state index contributed by atoms with van der Waals surface area (Å²) < 4.78 is 1.17. The van der Waals surface area contributed by atoms with Gasteiger partial charge in [-0.1, -0.05) is 36.2 Å². The van der Waals surface area contributed by atoms with Gasteiger partial charge >= 0.3 is 0 Å². The lowest BCUT2D eigenvalue weighted by Gasteiger charge is -2.28. The van der Waals surface area contributed by atoms with E-state index in [1.165, 1.54) is 54.5 Å². The summed E-state index contributed by atoms with van der Waals surface area (Å²) in [4.78, 5) is 2.60. The van der Waals surface area contributed by atoms with Crippen LogP contribution >= 0.6 is 15.9 Å². The number of halogens is 1. The van der Waals surface area contributed by atoms with Crippen molar-refractivity contribution >= 4 is 21.6 Å². The summed E-state index contributed by atoms with van der Waals surface area (Å²) in [5.41, 5.74) is 2.84. The first kappa shape index (κ1) is 16.8. The molecule has 1 N–H and O–H groups in total. The van der Waals surface area contributed by atoms with E-state index in [0.29, 0.717) is 6.04 Å². The molecular weight excluding hydrogens is 324 g/mol. The maximum absolute atomic E-state index is 3.63. The molecule has 0 aliphatic carbocycles. The van der Waals surface area contributed by atoms with Gasteiger partial charge in [-0.25, -0.2) is 0 Å². The van der Waals surface area contributed by atoms with Crippen LogP contribution in [-0.2, 0) is 0 Å². The first-order chi connectivity index (χ1) is 10.2. The normalized spacial score (nSPS) is 21.1. The highest BCUT2D eigenvalue weighted by Crippen LogP contribution is 2.32. The maximum atomic E-state index is 3.63. The average molecular weight is 353 g/mol. The van der Waals surface area contributed by atoms with Crippen LogP contribution in [0.5, 0.6) is 0 Å². The molecule has 0 amide bonds. The predicted molar refractivity (Wildman–Crippen MR) is 96.1 cm³/mol. The molecule has 21 heavy (non-hydrogen) atoms. The summed E-state index contributed by atoms with van der Waals surface area (Å²) in [7, 11) is 0. The van der Waals surface area contributed by atoms with E-state index in [1.807, 2.05) is 0 Å². The monoisotopic (exact) mass is 352 g/mol. The highest BCUT2D eigenvalue weighted by Gasteiger charge is 2.20. The van der Waals surface area contributed by atoms with Gasteiger partial charge in [0.2, 0.25) is 0 Å². The lowest BCUT2D eigenvalue weighted by molar-refractivity contribution is 0.459. The molecule has 1 fully saturated rings. The summed E-state index contributed by atoms with van der Waals surface area (Å²) in [6.45, 7) is 10.2. The molecule has 3 heteroatoms. The number of benzene rings is 1. The SMILES string of the molecule is CCNC(C)c1cc(Br)ccc1N1CCCC(CC)CC1. The average Bonchev–Trinajstić information content (AvgIpc) is 2.73. The largest absolute Gasteiger partial charge is 0.371 e. The first-order valence-corrected chi connectivity index (χ1v) is 9.22. The van der Waals surface area contributed by atoms with Crippen molar-refractivity contribution in [2.75, 3.05) is 24.5 Å². The Labute approximate surface area is 138 Å². The molecular formula is C18H29BrN2. The Morgan fingerprint density at radius 1 is 1.29 bits per heavy atom. The third-order valence-electron chi connectivity index (χ3n) is 4.73. The fourth-order valence-corrected chi connectivity index (χ4v) is 3.77. The number of rotatable bonds is 5. The summed E-state index contributed by atoms with van der Waals surface area (Å²) in [5.74, 6) is 0.917. The summed E-state index contributed by atoms with van der Waals surface area (Å²) >= 11 is 3.63. The van der Waals surface area contributed by atoms with E-state index in [0.717, 1.165) is 12.5 Å². The fourth-order valence-electron chi connectivity index (χ4n) is 3.39. The van der Waals surface area contributed by atoms with Crippen molar-refractivity contribution in [3.05, 3.63) is 28.2 Å². The number of hydrogen-bond acceptors (Lipinski definition) is 2. The van der Waals surface area contributed by atoms with Crippen LogP contribution in [0.1, 0.15) is 58.1 Å². The Balaban J connectivity index is 2.21. The minimum absolute atomic E-state index is 0.396. The van der Waals surface area contributed by atoms with Crippen molar-refractivity contribution in [1.82, 2.24) is 5.32 Å². The lowest BCUT2D eigenvalue weighted by Crippen LogP contribution is -2.27. The van der Waals surface area contributed by atoms with Crippen LogP contribution in [-0.4, -0.2) is 19.6 Å². The van der Waals surface area contributed by atoms with Crippen LogP contribution in [0.25, 0.3) is 0 Å². The van der Waals surface area contributed by atoms with Gasteiger partial charge in [-0.15, -0.1) is 0 Å². The van der Waals surface area contributed by atoms with E-state index in [2.05, 4.69) is 65.1 Å². The topological polar surface area (TPSA) is 15.3 Å². The number of hydrogen-bond donors (Lipinski definition) is 1. The van der Waals surface area contributed by atoms with Crippen molar-refractivity contribution in [3.8, 4) is 0 Å². The van der Waals surface area contributed by atoms with E-state index >= 15 is 0 Å². The van der Waals surface area contributed by atoms with Crippen LogP contribution in [0.4, 0.5) is 5.69 Å². The molecule has 1 aromatic carbocycles. The standard InChI is InChI=1S/C18H29BrN2/c1-4-15-7-6-11-21(12-10-15)18-9-8-16(19)13-17(18)14(3)20-5-2/h8-9,13-15,20H,4-7,10-12H2,1-3H3. The predicted octanol–water partition coefficient (Wildman–Crippen LogP) is 5.14. The molecule has 1 saturated heterocycles. The van der Waals surface area contributed by atoms with Gasteiger partial charge in [-0.3, -0.25) is 0 Å². The molecule has 0 saturated carbocycles. The van der Waals surface area contributed by atoms with Gasteiger partial charge in [0.25, 0.3) is 0 Å². The van der Waals surface area contributed by atoms with Gasteiger partial charge in [0.05, 0.1) is 0 Å². The summed E-state index contributed by atoms with van der Waals surface area (Å²) in [6, 6.07) is 7.15. The molecule has 0 aromatic heterocycles. The highest BCUT2D eigenvalue weighted by molar-refractivity contribution is 9.10. The molecule has 2 nitrogen and oxygen atoms in total. The number of nitrogens with one attached hydrogen (secondary N) is 1. The molecule has 1 aromatic rings. The Morgan fingerprint density at radius 3 is 2.81 bits per heavy atom. The molecule has 1 aliphatic heterocycles. The zero-order chi connectivity index (χ0) is 15.2. The van der Waals surface area contributed by atoms with Crippen molar-refractivity contribution in [2.45, 2.75) is 52.5 Å². The molecule has 2 rings (SSSR count). The quantitative estimate of drug-likeness (QED) is 0.789. The van der Waals surface area contributed by atoms with E-state index in [1.54, 1.807) is 0 Å². The van der Waals surface area contributed by atoms with E-state index in [4.69, 9.17) is 0 Å². The summed E-state index contributed by atoms with van der Waals surface area (Å²) in [5, 5.41) is 3.56. The molecule has 118 valence electrons. The van der Waals surface area contributed by atoms with E-state index in [-0.39, 0.29) is 0 Å². The molecule has 1 heterocycles. The Bertz CT molecular complexity index is 447. The van der Waals surface area contributed by atoms with E-state index in [9.17, 15) is 0 Å². The maximum Gasteiger partial charge on any atom is 0.0415 e. The van der Waals surface area contributed by atoms with Gasteiger partial charge in [0.15, 0.2) is 0 Å². The molecule has 0 bridgehead atoms. The van der Waals surface area contributed by atoms with Gasteiger partial charge in [-0.2, -0.15) is 0 Å². The van der Waals surface area contributed by atoms with Gasteiger partial charge in [0.1, 0.15) is 0 Å². The number of nitrogens with zero attached hydrogens (tertiary/aromatic N) is 1. The second kappa shape index (κ2) is 8.19. The molecule has 1 aliphatic rings. The first-order valence-electron chi connectivity index (χ1n) is 8.43. The fraction of sp³-hybridized carbons (Fsp3) is 0.667. The van der Waals surface area contributed by atoms with Gasteiger partial charge < -0.3 is 10.2 Å². The van der Waals surface area contributed by atoms with Crippen LogP contribution in [0.15, 0.2) is 22.7 Å². The van der Waals surface area contributed by atoms with Crippen LogP contribution in [0, 0.1) is 5.92 Å². The summed E-state index contributed by atoms with van der Waals surface area (Å²) in [6.07, 6.45) is 5.38. The van der Waals surface area contributed by atoms with Gasteiger partial charge in [-0.05, 0) is 62.4 Å². The van der Waals surface area contributed by atoms with Crippen molar-refractivity contribution < 1.29 is 0 Å². The Hall–Kier alpha value is -0.540. The smallest absolute Gasteiger partial charge is 0.0415 e. The highest BCUT2D eigenvalue weighted by atomic mass is 79.9. The number of anilines is 1. The third-order valence-corrected chi connectivity index (χ3v) is 5.23. The second-order valence-corrected chi connectivity index (χ2v) is 7.09. The third kappa shape index (κ3) is 4.46. The molecule has 2 unspecified atom stereocenters. The van der Waals surface area contributed by atoms with Crippen molar-refractivity contribution in [1.29, 1.82) is 0 Å². The lowest BCUT2D eigenvalue weighted by atomic mass is 9.98. The molecule has 2 atom stereocenters. The van der Waals surface area contributed by atoms with E-state index < -0.39 is 0 Å². The van der Waals surface area contributed by atoms with Crippen molar-refractivity contribution in [2.24, 2.45) is 5.92 Å². The van der Waals surface area contributed by atoms with Crippen LogP contribution in [0.2, 0.25) is 0 Å². The zero-order valence-electron chi connectivity index (χ0n) is 13.7.